The first-order valence-corrected chi connectivity index (χ1v) is 2.85. The van der Waals surface area contributed by atoms with Crippen molar-refractivity contribution in [3.05, 3.63) is 34.8 Å². The van der Waals surface area contributed by atoms with Crippen molar-refractivity contribution in [3.8, 4) is 0 Å². The zero-order valence-corrected chi connectivity index (χ0v) is 8.46. The van der Waals surface area contributed by atoms with Crippen LogP contribution in [0.5, 0.6) is 0 Å². The molecule has 0 saturated heterocycles. The summed E-state index contributed by atoms with van der Waals surface area (Å²) in [6, 6.07) is 7.87. The molecule has 0 bridgehead atoms. The van der Waals surface area contributed by atoms with Gasteiger partial charge in [0.2, 0.25) is 0 Å². The van der Waals surface area contributed by atoms with Gasteiger partial charge >= 0.3 is 5.76 Å². The molecule has 1 radical (unpaired) electrons. The van der Waals surface area contributed by atoms with Crippen LogP contribution in [-0.2, 0) is 32.7 Å². The van der Waals surface area contributed by atoms with Crippen LogP contribution in [0.3, 0.4) is 0 Å². The van der Waals surface area contributed by atoms with Crippen molar-refractivity contribution in [2.24, 2.45) is 0 Å². The van der Waals surface area contributed by atoms with Crippen molar-refractivity contribution in [3.63, 3.8) is 0 Å². The molecule has 0 aliphatic rings. The Morgan fingerprint density at radius 1 is 1.55 bits per heavy atom. The number of rotatable bonds is 0. The van der Waals surface area contributed by atoms with E-state index in [9.17, 15) is 4.79 Å². The van der Waals surface area contributed by atoms with Crippen molar-refractivity contribution < 1.29 is 37.1 Å². The summed E-state index contributed by atoms with van der Waals surface area (Å²) in [4.78, 5) is 13.1. The molecule has 1 N–H and O–H groups in total. The van der Waals surface area contributed by atoms with Gasteiger partial charge in [-0.25, -0.2) is 4.79 Å². The number of H-pyrrole nitrogens is 1. The molecule has 3 nitrogen and oxygen atoms in total. The van der Waals surface area contributed by atoms with Gasteiger partial charge in [0.15, 0.2) is 0 Å². The van der Waals surface area contributed by atoms with Gasteiger partial charge in [-0.05, 0) is 5.52 Å². The summed E-state index contributed by atoms with van der Waals surface area (Å²) >= 11 is 0. The van der Waals surface area contributed by atoms with Crippen molar-refractivity contribution >= 4 is 11.1 Å². The number of aromatic nitrogens is 1. The van der Waals surface area contributed by atoms with E-state index in [1.165, 1.54) is 0 Å². The Bertz CT molecular complexity index is 368. The minimum absolute atomic E-state index is 0. The minimum atomic E-state index is -0.422. The molecule has 11 heavy (non-hydrogen) atoms. The predicted octanol–water partition coefficient (Wildman–Crippen LogP) is 0.919. The molecule has 1 aromatic heterocycles. The van der Waals surface area contributed by atoms with Gasteiger partial charge < -0.3 is 9.40 Å². The number of benzene rings is 1. The van der Waals surface area contributed by atoms with E-state index in [-0.39, 0.29) is 32.7 Å². The van der Waals surface area contributed by atoms with Crippen LogP contribution in [0.4, 0.5) is 0 Å². The van der Waals surface area contributed by atoms with Crippen molar-refractivity contribution in [1.82, 2.24) is 4.98 Å². The van der Waals surface area contributed by atoms with Gasteiger partial charge in [-0.1, -0.05) is 0 Å². The Morgan fingerprint density at radius 2 is 2.36 bits per heavy atom. The van der Waals surface area contributed by atoms with Gasteiger partial charge in [-0.15, -0.1) is 6.07 Å². The third kappa shape index (κ3) is 1.60. The second-order valence-corrected chi connectivity index (χ2v) is 1.94. The van der Waals surface area contributed by atoms with Crippen LogP contribution >= 0.6 is 0 Å². The number of oxazole rings is 1. The Balaban J connectivity index is 0.000000605. The van der Waals surface area contributed by atoms with E-state index < -0.39 is 5.76 Å². The van der Waals surface area contributed by atoms with E-state index >= 15 is 0 Å². The summed E-state index contributed by atoms with van der Waals surface area (Å²) in [5, 5.41) is 0. The zero-order chi connectivity index (χ0) is 6.97. The monoisotopic (exact) mass is 223 g/mol. The summed E-state index contributed by atoms with van der Waals surface area (Å²) in [7, 11) is 0. The minimum Gasteiger partial charge on any atom is -0.435 e. The summed E-state index contributed by atoms with van der Waals surface area (Å²) < 4.78 is 4.74. The number of hydrogen-bond acceptors (Lipinski definition) is 2. The van der Waals surface area contributed by atoms with Gasteiger partial charge in [0.1, 0.15) is 0 Å². The van der Waals surface area contributed by atoms with Crippen LogP contribution < -0.4 is 5.76 Å². The van der Waals surface area contributed by atoms with E-state index in [1.54, 1.807) is 18.2 Å². The van der Waals surface area contributed by atoms with Crippen LogP contribution in [0, 0.1) is 6.07 Å². The Labute approximate surface area is 87.7 Å². The van der Waals surface area contributed by atoms with Crippen LogP contribution in [0.2, 0.25) is 0 Å². The maximum absolute atomic E-state index is 10.6. The van der Waals surface area contributed by atoms with Crippen LogP contribution in [0.1, 0.15) is 0 Å². The molecule has 1 heterocycles. The molecule has 2 aromatic rings. The summed E-state index contributed by atoms with van der Waals surface area (Å²) in [5.74, 6) is -0.422. The van der Waals surface area contributed by atoms with Crippen LogP contribution in [0.15, 0.2) is 27.4 Å². The summed E-state index contributed by atoms with van der Waals surface area (Å²) in [6.45, 7) is 0. The molecule has 0 fully saturated rings. The number of aromatic amines is 1. The molecule has 2 rings (SSSR count). The van der Waals surface area contributed by atoms with E-state index in [2.05, 4.69) is 11.1 Å². The Kier molecular flexibility index (Phi) is 2.63. The second-order valence-electron chi connectivity index (χ2n) is 1.94. The fourth-order valence-corrected chi connectivity index (χ4v) is 0.838. The number of fused-ring (bicyclic) bond motifs is 1. The van der Waals surface area contributed by atoms with E-state index in [0.717, 1.165) is 0 Å². The van der Waals surface area contributed by atoms with Crippen LogP contribution in [0.25, 0.3) is 11.1 Å². The van der Waals surface area contributed by atoms with E-state index in [0.29, 0.717) is 11.1 Å². The second kappa shape index (κ2) is 3.33. The Morgan fingerprint density at radius 3 is 3.09 bits per heavy atom. The van der Waals surface area contributed by atoms with Gasteiger partial charge in [0.25, 0.3) is 0 Å². The summed E-state index contributed by atoms with van der Waals surface area (Å²) in [5.41, 5.74) is 1.26. The fraction of sp³-hybridized carbons (Fsp3) is 0. The molecule has 1 aromatic carbocycles. The normalized spacial score (nSPS) is 9.45. The topological polar surface area (TPSA) is 46.0 Å². The van der Waals surface area contributed by atoms with E-state index in [1.807, 2.05) is 0 Å². The molecule has 0 saturated carbocycles. The summed E-state index contributed by atoms with van der Waals surface area (Å²) in [6.07, 6.45) is 0. The fourth-order valence-electron chi connectivity index (χ4n) is 0.838. The first-order chi connectivity index (χ1) is 4.86. The van der Waals surface area contributed by atoms with Crippen LogP contribution in [-0.4, -0.2) is 4.98 Å². The quantitative estimate of drug-likeness (QED) is 0.675. The molecular formula is C7H4NO2Y-. The third-order valence-electron chi connectivity index (χ3n) is 1.26. The molecule has 0 unspecified atom stereocenters. The zero-order valence-electron chi connectivity index (χ0n) is 5.63. The van der Waals surface area contributed by atoms with Crippen molar-refractivity contribution in [1.29, 1.82) is 0 Å². The molecule has 0 amide bonds. The first-order valence-electron chi connectivity index (χ1n) is 2.85. The van der Waals surface area contributed by atoms with Crippen molar-refractivity contribution in [2.45, 2.75) is 0 Å². The maximum Gasteiger partial charge on any atom is 0.404 e. The standard InChI is InChI=1S/C7H4NO2.Y/c9-7-8-5-3-1-2-4-6(5)10-7;/h2-4H,(H,8,9);/q-1;. The first kappa shape index (κ1) is 8.69. The van der Waals surface area contributed by atoms with Gasteiger partial charge in [-0.2, -0.15) is 18.2 Å². The SMILES string of the molecule is O=c1[nH]c2c[c-]ccc2o1.[Y]. The largest absolute Gasteiger partial charge is 0.435 e. The molecule has 0 atom stereocenters. The van der Waals surface area contributed by atoms with Gasteiger partial charge in [0.05, 0.1) is 0 Å². The number of hydrogen-bond donors (Lipinski definition) is 1. The van der Waals surface area contributed by atoms with Gasteiger partial charge in [-0.3, -0.25) is 0 Å². The maximum atomic E-state index is 10.6. The number of nitrogens with one attached hydrogen (secondary N) is 1. The molecule has 0 aliphatic heterocycles. The predicted molar refractivity (Wildman–Crippen MR) is 35.7 cm³/mol. The molecule has 4 heteroatoms. The molecule has 0 spiro atoms. The van der Waals surface area contributed by atoms with Crippen molar-refractivity contribution in [2.75, 3.05) is 0 Å². The van der Waals surface area contributed by atoms with Gasteiger partial charge in [0, 0.05) is 38.3 Å². The molecule has 53 valence electrons. The molecular weight excluding hydrogens is 219 g/mol. The Hall–Kier alpha value is -0.406. The average Bonchev–Trinajstić information content (AvgIpc) is 2.27. The van der Waals surface area contributed by atoms with E-state index in [4.69, 9.17) is 4.42 Å². The smallest absolute Gasteiger partial charge is 0.404 e. The average molecular weight is 223 g/mol. The molecule has 0 aliphatic carbocycles. The third-order valence-corrected chi connectivity index (χ3v) is 1.26.